The molecule has 1 amide bonds. The van der Waals surface area contributed by atoms with Gasteiger partial charge in [-0.1, -0.05) is 6.92 Å². The van der Waals surface area contributed by atoms with Gasteiger partial charge in [-0.25, -0.2) is 0 Å². The summed E-state index contributed by atoms with van der Waals surface area (Å²) in [7, 11) is 1.38. The summed E-state index contributed by atoms with van der Waals surface area (Å²) in [5, 5.41) is 3.07. The normalized spacial score (nSPS) is 17.3. The second kappa shape index (κ2) is 8.08. The van der Waals surface area contributed by atoms with Crippen molar-refractivity contribution in [1.82, 2.24) is 10.2 Å². The van der Waals surface area contributed by atoms with E-state index in [2.05, 4.69) is 10.1 Å². The van der Waals surface area contributed by atoms with Crippen molar-refractivity contribution in [2.75, 3.05) is 26.7 Å². The lowest BCUT2D eigenvalue weighted by molar-refractivity contribution is -0.143. The lowest BCUT2D eigenvalue weighted by Crippen LogP contribution is -2.41. The Balaban J connectivity index is 2.23. The molecule has 0 spiro atoms. The molecule has 0 aromatic carbocycles. The maximum absolute atomic E-state index is 11.9. The third-order valence-corrected chi connectivity index (χ3v) is 3.33. The zero-order chi connectivity index (χ0) is 13.4. The topological polar surface area (TPSA) is 58.6 Å². The van der Waals surface area contributed by atoms with Crippen LogP contribution in [-0.2, 0) is 14.3 Å². The summed E-state index contributed by atoms with van der Waals surface area (Å²) in [6.07, 6.45) is 4.57. The molecule has 1 rings (SSSR count). The molecule has 0 bridgehead atoms. The number of piperidine rings is 1. The fraction of sp³-hybridized carbons (Fsp3) is 0.846. The van der Waals surface area contributed by atoms with Gasteiger partial charge in [-0.05, 0) is 25.7 Å². The van der Waals surface area contributed by atoms with E-state index in [-0.39, 0.29) is 17.9 Å². The molecule has 0 saturated carbocycles. The summed E-state index contributed by atoms with van der Waals surface area (Å²) in [4.78, 5) is 25.1. The van der Waals surface area contributed by atoms with Crippen LogP contribution in [0.5, 0.6) is 0 Å². The fourth-order valence-electron chi connectivity index (χ4n) is 2.19. The molecule has 1 saturated heterocycles. The van der Waals surface area contributed by atoms with Crippen LogP contribution >= 0.6 is 0 Å². The highest BCUT2D eigenvalue weighted by atomic mass is 16.5. The van der Waals surface area contributed by atoms with Crippen LogP contribution in [0, 0.1) is 0 Å². The van der Waals surface area contributed by atoms with Gasteiger partial charge in [-0.3, -0.25) is 9.59 Å². The Labute approximate surface area is 109 Å². The summed E-state index contributed by atoms with van der Waals surface area (Å²) in [5.41, 5.74) is 0. The highest BCUT2D eigenvalue weighted by molar-refractivity contribution is 5.77. The minimum Gasteiger partial charge on any atom is -0.468 e. The summed E-state index contributed by atoms with van der Waals surface area (Å²) >= 11 is 0. The predicted octanol–water partition coefficient (Wildman–Crippen LogP) is 0.930. The molecule has 1 heterocycles. The van der Waals surface area contributed by atoms with Gasteiger partial charge in [0.15, 0.2) is 0 Å². The van der Waals surface area contributed by atoms with Crippen molar-refractivity contribution in [3.63, 3.8) is 0 Å². The van der Waals surface area contributed by atoms with Crippen LogP contribution in [0.25, 0.3) is 0 Å². The van der Waals surface area contributed by atoms with Crippen molar-refractivity contribution in [2.24, 2.45) is 0 Å². The molecule has 1 fully saturated rings. The molecule has 1 unspecified atom stereocenters. The predicted molar refractivity (Wildman–Crippen MR) is 69.1 cm³/mol. The van der Waals surface area contributed by atoms with E-state index in [0.717, 1.165) is 25.9 Å². The lowest BCUT2D eigenvalue weighted by atomic mass is 10.1. The molecule has 1 atom stereocenters. The van der Waals surface area contributed by atoms with Crippen LogP contribution in [0.15, 0.2) is 0 Å². The second-order valence-corrected chi connectivity index (χ2v) is 4.63. The molecule has 5 heteroatoms. The molecule has 0 radical (unpaired) electrons. The van der Waals surface area contributed by atoms with E-state index in [1.807, 2.05) is 11.8 Å². The Morgan fingerprint density at radius 2 is 1.94 bits per heavy atom. The largest absolute Gasteiger partial charge is 0.468 e. The van der Waals surface area contributed by atoms with Gasteiger partial charge in [-0.15, -0.1) is 0 Å². The number of methoxy groups -OCH3 is 1. The summed E-state index contributed by atoms with van der Waals surface area (Å²) in [6, 6.07) is -0.302. The van der Waals surface area contributed by atoms with Gasteiger partial charge in [0.05, 0.1) is 7.11 Å². The zero-order valence-corrected chi connectivity index (χ0v) is 11.4. The number of hydrogen-bond donors (Lipinski definition) is 1. The number of nitrogens with one attached hydrogen (secondary N) is 1. The Bertz CT molecular complexity index is 275. The van der Waals surface area contributed by atoms with Crippen molar-refractivity contribution in [2.45, 2.75) is 45.1 Å². The summed E-state index contributed by atoms with van der Waals surface area (Å²) in [5.74, 6) is -0.0789. The minimum atomic E-state index is -0.302. The summed E-state index contributed by atoms with van der Waals surface area (Å²) < 4.78 is 4.68. The SMILES string of the molecule is CCC(NCCC(=O)N1CCCCC1)C(=O)OC. The van der Waals surface area contributed by atoms with E-state index in [1.54, 1.807) is 0 Å². The Hall–Kier alpha value is -1.10. The highest BCUT2D eigenvalue weighted by Gasteiger charge is 2.18. The monoisotopic (exact) mass is 256 g/mol. The molecule has 5 nitrogen and oxygen atoms in total. The number of ether oxygens (including phenoxy) is 1. The van der Waals surface area contributed by atoms with Crippen LogP contribution in [0.4, 0.5) is 0 Å². The number of nitrogens with zero attached hydrogens (tertiary/aromatic N) is 1. The van der Waals surface area contributed by atoms with E-state index in [4.69, 9.17) is 0 Å². The highest BCUT2D eigenvalue weighted by Crippen LogP contribution is 2.09. The minimum absolute atomic E-state index is 0.182. The second-order valence-electron chi connectivity index (χ2n) is 4.63. The molecule has 1 N–H and O–H groups in total. The van der Waals surface area contributed by atoms with Crippen LogP contribution in [0.3, 0.4) is 0 Å². The van der Waals surface area contributed by atoms with Crippen LogP contribution < -0.4 is 5.32 Å². The number of likely N-dealkylation sites (tertiary alicyclic amines) is 1. The molecule has 18 heavy (non-hydrogen) atoms. The van der Waals surface area contributed by atoms with Gasteiger partial charge < -0.3 is 15.0 Å². The number of carbonyl (C=O) groups is 2. The number of hydrogen-bond acceptors (Lipinski definition) is 4. The fourth-order valence-corrected chi connectivity index (χ4v) is 2.19. The average Bonchev–Trinajstić information content (AvgIpc) is 2.43. The molecule has 0 aromatic rings. The smallest absolute Gasteiger partial charge is 0.322 e. The Morgan fingerprint density at radius 3 is 2.50 bits per heavy atom. The van der Waals surface area contributed by atoms with Crippen molar-refractivity contribution >= 4 is 11.9 Å². The first-order chi connectivity index (χ1) is 8.69. The molecular weight excluding hydrogens is 232 g/mol. The van der Waals surface area contributed by atoms with E-state index in [1.165, 1.54) is 13.5 Å². The third kappa shape index (κ3) is 4.64. The maximum Gasteiger partial charge on any atom is 0.322 e. The Morgan fingerprint density at radius 1 is 1.28 bits per heavy atom. The van der Waals surface area contributed by atoms with Gasteiger partial charge in [-0.2, -0.15) is 0 Å². The van der Waals surface area contributed by atoms with Gasteiger partial charge in [0.1, 0.15) is 6.04 Å². The Kier molecular flexibility index (Phi) is 6.72. The maximum atomic E-state index is 11.9. The quantitative estimate of drug-likeness (QED) is 0.718. The van der Waals surface area contributed by atoms with Crippen LogP contribution in [0.1, 0.15) is 39.0 Å². The van der Waals surface area contributed by atoms with E-state index in [9.17, 15) is 9.59 Å². The number of rotatable bonds is 6. The van der Waals surface area contributed by atoms with Crippen molar-refractivity contribution in [3.8, 4) is 0 Å². The van der Waals surface area contributed by atoms with Crippen LogP contribution in [0.2, 0.25) is 0 Å². The molecular formula is C13H24N2O3. The first kappa shape index (κ1) is 15.0. The molecule has 1 aliphatic rings. The standard InChI is InChI=1S/C13H24N2O3/c1-3-11(13(17)18-2)14-8-7-12(16)15-9-5-4-6-10-15/h11,14H,3-10H2,1-2H3. The number of esters is 1. The van der Waals surface area contributed by atoms with Gasteiger partial charge in [0.2, 0.25) is 5.91 Å². The molecule has 0 aromatic heterocycles. The van der Waals surface area contributed by atoms with Crippen LogP contribution in [-0.4, -0.2) is 49.6 Å². The summed E-state index contributed by atoms with van der Waals surface area (Å²) in [6.45, 7) is 4.21. The van der Waals surface area contributed by atoms with E-state index in [0.29, 0.717) is 19.4 Å². The zero-order valence-electron chi connectivity index (χ0n) is 11.4. The lowest BCUT2D eigenvalue weighted by Gasteiger charge is -2.27. The van der Waals surface area contributed by atoms with Gasteiger partial charge in [0.25, 0.3) is 0 Å². The van der Waals surface area contributed by atoms with Crippen molar-refractivity contribution < 1.29 is 14.3 Å². The van der Waals surface area contributed by atoms with Crippen molar-refractivity contribution in [3.05, 3.63) is 0 Å². The van der Waals surface area contributed by atoms with E-state index < -0.39 is 0 Å². The van der Waals surface area contributed by atoms with E-state index >= 15 is 0 Å². The number of amides is 1. The molecule has 104 valence electrons. The first-order valence-corrected chi connectivity index (χ1v) is 6.78. The van der Waals surface area contributed by atoms with Gasteiger partial charge in [0, 0.05) is 26.1 Å². The molecule has 1 aliphatic heterocycles. The first-order valence-electron chi connectivity index (χ1n) is 6.78. The molecule has 0 aliphatic carbocycles. The van der Waals surface area contributed by atoms with Gasteiger partial charge >= 0.3 is 5.97 Å². The average molecular weight is 256 g/mol. The van der Waals surface area contributed by atoms with Crippen molar-refractivity contribution in [1.29, 1.82) is 0 Å². The third-order valence-electron chi connectivity index (χ3n) is 3.33. The number of carbonyl (C=O) groups excluding carboxylic acids is 2.